The molecule has 0 amide bonds. The van der Waals surface area contributed by atoms with Crippen LogP contribution in [0.2, 0.25) is 0 Å². The van der Waals surface area contributed by atoms with Gasteiger partial charge in [-0.25, -0.2) is 0 Å². The minimum Gasteiger partial charge on any atom is -0.354 e. The molecule has 1 aliphatic heterocycles. The zero-order chi connectivity index (χ0) is 38.8. The van der Waals surface area contributed by atoms with Gasteiger partial charge >= 0.3 is 0 Å². The molecule has 4 aromatic carbocycles. The number of nitrogens with one attached hydrogen (secondary N) is 4. The number of hydrogen-bond donors (Lipinski definition) is 4. The molecule has 9 rings (SSSR count). The molecule has 56 heavy (non-hydrogen) atoms. The van der Waals surface area contributed by atoms with Gasteiger partial charge in [-0.15, -0.1) is 0 Å². The maximum Gasteiger partial charge on any atom is 0.0518 e. The number of benzene rings is 4. The Bertz CT molecular complexity index is 2640. The maximum absolute atomic E-state index is 4.09. The van der Waals surface area contributed by atoms with Gasteiger partial charge in [-0.3, -0.25) is 0 Å². The fourth-order valence-corrected chi connectivity index (χ4v) is 8.82. The van der Waals surface area contributed by atoms with Crippen molar-refractivity contribution in [3.63, 3.8) is 0 Å². The molecule has 1 aliphatic rings. The van der Waals surface area contributed by atoms with Crippen molar-refractivity contribution in [3.8, 4) is 0 Å². The zero-order valence-electron chi connectivity index (χ0n) is 33.5. The van der Waals surface area contributed by atoms with Crippen molar-refractivity contribution in [2.45, 2.75) is 55.4 Å². The number of H-pyrrole nitrogens is 4. The lowest BCUT2D eigenvalue weighted by atomic mass is 9.95. The molecule has 0 saturated carbocycles. The van der Waals surface area contributed by atoms with Gasteiger partial charge < -0.3 is 19.9 Å². The predicted molar refractivity (Wildman–Crippen MR) is 232 cm³/mol. The summed E-state index contributed by atoms with van der Waals surface area (Å²) in [6.45, 7) is 18.1. The second kappa shape index (κ2) is 13.6. The van der Waals surface area contributed by atoms with Crippen molar-refractivity contribution in [1.29, 1.82) is 0 Å². The molecule has 0 radical (unpaired) electrons. The van der Waals surface area contributed by atoms with Gasteiger partial charge in [0.25, 0.3) is 0 Å². The van der Waals surface area contributed by atoms with Crippen LogP contribution in [0.1, 0.15) is 89.5 Å². The molecule has 0 spiro atoms. The molecule has 4 nitrogen and oxygen atoms in total. The van der Waals surface area contributed by atoms with Crippen molar-refractivity contribution < 1.29 is 0 Å². The summed E-state index contributed by atoms with van der Waals surface area (Å²) in [6.07, 6.45) is 0. The van der Waals surface area contributed by atoms with Gasteiger partial charge in [0.2, 0.25) is 0 Å². The van der Waals surface area contributed by atoms with Gasteiger partial charge in [0, 0.05) is 22.3 Å². The minimum absolute atomic E-state index is 1.12. The smallest absolute Gasteiger partial charge is 0.0518 e. The quantitative estimate of drug-likeness (QED) is 0.140. The Kier molecular flexibility index (Phi) is 8.58. The highest BCUT2D eigenvalue weighted by molar-refractivity contribution is 5.88. The monoisotopic (exact) mass is 728 g/mol. The van der Waals surface area contributed by atoms with E-state index in [1.165, 1.54) is 44.5 Å². The summed E-state index contributed by atoms with van der Waals surface area (Å²) < 4.78 is 0. The number of hydrogen-bond acceptors (Lipinski definition) is 0. The van der Waals surface area contributed by atoms with Crippen LogP contribution in [0.15, 0.2) is 121 Å². The van der Waals surface area contributed by atoms with E-state index in [0.717, 1.165) is 88.7 Å². The third kappa shape index (κ3) is 5.43. The van der Waals surface area contributed by atoms with Crippen LogP contribution in [0.3, 0.4) is 0 Å². The summed E-state index contributed by atoms with van der Waals surface area (Å²) in [5.74, 6) is 0. The molecule has 276 valence electrons. The largest absolute Gasteiger partial charge is 0.354 e. The topological polar surface area (TPSA) is 63.2 Å². The average Bonchev–Trinajstić information content (AvgIpc) is 3.89. The average molecular weight is 729 g/mol. The fourth-order valence-electron chi connectivity index (χ4n) is 8.82. The molecular formula is C52H48N4. The van der Waals surface area contributed by atoms with Crippen LogP contribution >= 0.6 is 0 Å². The van der Waals surface area contributed by atoms with Crippen molar-refractivity contribution in [2.75, 3.05) is 0 Å². The lowest BCUT2D eigenvalue weighted by Gasteiger charge is -2.11. The van der Waals surface area contributed by atoms with E-state index >= 15 is 0 Å². The number of aromatic amines is 4. The van der Waals surface area contributed by atoms with Crippen LogP contribution in [0.25, 0.3) is 22.3 Å². The van der Waals surface area contributed by atoms with E-state index in [9.17, 15) is 0 Å². The predicted octanol–water partition coefficient (Wildman–Crippen LogP) is 8.77. The minimum atomic E-state index is 1.12. The zero-order valence-corrected chi connectivity index (χ0v) is 33.5. The highest BCUT2D eigenvalue weighted by Crippen LogP contribution is 2.35. The Morgan fingerprint density at radius 2 is 0.429 bits per heavy atom. The number of fused-ring (bicyclic) bond motifs is 8. The van der Waals surface area contributed by atoms with Crippen molar-refractivity contribution in [2.24, 2.45) is 0 Å². The Hall–Kier alpha value is -6.52. The molecule has 0 unspecified atom stereocenters. The fraction of sp³-hybridized carbons (Fsp3) is 0.154. The van der Waals surface area contributed by atoms with Gasteiger partial charge in [0.05, 0.1) is 44.2 Å². The first-order chi connectivity index (χ1) is 27.2. The molecule has 4 N–H and O–H groups in total. The Balaban J connectivity index is 1.59. The second-order valence-electron chi connectivity index (χ2n) is 15.5. The van der Waals surface area contributed by atoms with Crippen LogP contribution in [0.5, 0.6) is 0 Å². The molecule has 4 heteroatoms. The molecular weight excluding hydrogens is 681 g/mol. The van der Waals surface area contributed by atoms with E-state index in [-0.39, 0.29) is 0 Å². The van der Waals surface area contributed by atoms with E-state index in [2.05, 4.69) is 197 Å². The Morgan fingerprint density at radius 3 is 0.625 bits per heavy atom. The van der Waals surface area contributed by atoms with E-state index in [1.54, 1.807) is 0 Å². The molecule has 8 aromatic rings. The third-order valence-corrected chi connectivity index (χ3v) is 12.5. The third-order valence-electron chi connectivity index (χ3n) is 12.5. The van der Waals surface area contributed by atoms with E-state index < -0.39 is 0 Å². The van der Waals surface area contributed by atoms with E-state index in [0.29, 0.717) is 0 Å². The first-order valence-corrected chi connectivity index (χ1v) is 19.6. The van der Waals surface area contributed by atoms with Crippen LogP contribution in [0.4, 0.5) is 0 Å². The van der Waals surface area contributed by atoms with Crippen molar-refractivity contribution in [1.82, 2.24) is 19.9 Å². The van der Waals surface area contributed by atoms with Crippen LogP contribution in [0, 0.1) is 55.4 Å². The van der Waals surface area contributed by atoms with Gasteiger partial charge in [0.1, 0.15) is 0 Å². The van der Waals surface area contributed by atoms with Gasteiger partial charge in [0.15, 0.2) is 0 Å². The van der Waals surface area contributed by atoms with Gasteiger partial charge in [-0.2, -0.15) is 0 Å². The molecule has 0 fully saturated rings. The molecule has 5 heterocycles. The first-order valence-electron chi connectivity index (χ1n) is 19.6. The standard InChI is InChI=1S/C52H48N4/c1-29-30(2)46-42(38-23-15-10-16-24-38)48-33(5)34(6)50(55-48)44(40-27-19-12-20-28-40)52-36(8)35(7)51(56-52)43(39-25-17-11-18-26-39)49-32(4)31(3)47(54-49)41(45(29)53-46)37-21-13-9-14-22-37/h9-28,53-56H,1-8H3. The summed E-state index contributed by atoms with van der Waals surface area (Å²) in [5.41, 5.74) is 23.6. The SMILES string of the molecule is Cc1c2[nH]c(c1C)C(c1ccccc1)=c1[nH]c(c(C)c1C)=C(c1ccccc1)c1[nH]c(c(C)c1C)C(c1ccccc1)=c1[nH]c(c(C)c1C)=C2c1ccccc1. The van der Waals surface area contributed by atoms with E-state index in [4.69, 9.17) is 0 Å². The molecule has 0 atom stereocenters. The van der Waals surface area contributed by atoms with Crippen LogP contribution < -0.4 is 21.4 Å². The summed E-state index contributed by atoms with van der Waals surface area (Å²) in [6, 6.07) is 43.4. The Morgan fingerprint density at radius 1 is 0.232 bits per heavy atom. The normalized spacial score (nSPS) is 12.9. The number of aromatic nitrogens is 4. The van der Waals surface area contributed by atoms with E-state index in [1.807, 2.05) is 0 Å². The Labute approximate surface area is 328 Å². The maximum atomic E-state index is 4.09. The van der Waals surface area contributed by atoms with Crippen LogP contribution in [-0.2, 0) is 0 Å². The lowest BCUT2D eigenvalue weighted by molar-refractivity contribution is 1.17. The van der Waals surface area contributed by atoms with Crippen molar-refractivity contribution in [3.05, 3.63) is 232 Å². The molecule has 8 bridgehead atoms. The van der Waals surface area contributed by atoms with Gasteiger partial charge in [-0.1, -0.05) is 121 Å². The number of rotatable bonds is 4. The highest BCUT2D eigenvalue weighted by Gasteiger charge is 2.26. The summed E-state index contributed by atoms with van der Waals surface area (Å²) >= 11 is 0. The first kappa shape index (κ1) is 35.2. The molecule has 0 saturated heterocycles. The summed E-state index contributed by atoms with van der Waals surface area (Å²) in [5, 5.41) is 4.48. The summed E-state index contributed by atoms with van der Waals surface area (Å²) in [4.78, 5) is 16.4. The molecule has 0 aliphatic carbocycles. The molecule has 4 aromatic heterocycles. The lowest BCUT2D eigenvalue weighted by Crippen LogP contribution is -2.20. The highest BCUT2D eigenvalue weighted by atomic mass is 14.8. The van der Waals surface area contributed by atoms with Gasteiger partial charge in [-0.05, 0) is 122 Å². The summed E-state index contributed by atoms with van der Waals surface area (Å²) in [7, 11) is 0. The second-order valence-corrected chi connectivity index (χ2v) is 15.5. The van der Waals surface area contributed by atoms with Crippen molar-refractivity contribution >= 4 is 22.3 Å². The van der Waals surface area contributed by atoms with Crippen LogP contribution in [-0.4, -0.2) is 19.9 Å².